The zero-order valence-electron chi connectivity index (χ0n) is 12.4. The number of thioether (sulfide) groups is 1. The molecule has 17 heavy (non-hydrogen) atoms. The average Bonchev–Trinajstić information content (AvgIpc) is 2.35. The maximum absolute atomic E-state index is 2.59. The lowest BCUT2D eigenvalue weighted by Gasteiger charge is -2.41. The number of unbranched alkanes of at least 4 members (excludes halogenated alkanes) is 1. The van der Waals surface area contributed by atoms with E-state index in [9.17, 15) is 0 Å². The molecule has 0 aromatic carbocycles. The van der Waals surface area contributed by atoms with Crippen molar-refractivity contribution in [2.45, 2.75) is 72.6 Å². The summed E-state index contributed by atoms with van der Waals surface area (Å²) in [6, 6.07) is 0. The highest BCUT2D eigenvalue weighted by Gasteiger charge is 2.34. The van der Waals surface area contributed by atoms with Gasteiger partial charge in [-0.3, -0.25) is 0 Å². The van der Waals surface area contributed by atoms with Gasteiger partial charge in [0.25, 0.3) is 0 Å². The molecular weight excluding hydrogens is 224 g/mol. The monoisotopic (exact) mass is 256 g/mol. The maximum atomic E-state index is 2.59. The van der Waals surface area contributed by atoms with Crippen molar-refractivity contribution in [1.82, 2.24) is 0 Å². The van der Waals surface area contributed by atoms with Gasteiger partial charge in [0.15, 0.2) is 0 Å². The first-order valence-electron chi connectivity index (χ1n) is 7.66. The second-order valence-electron chi connectivity index (χ2n) is 6.58. The van der Waals surface area contributed by atoms with Crippen LogP contribution in [0, 0.1) is 17.3 Å². The minimum absolute atomic E-state index is 0.640. The third-order valence-electron chi connectivity index (χ3n) is 4.60. The Kier molecular flexibility index (Phi) is 6.99. The summed E-state index contributed by atoms with van der Waals surface area (Å²) < 4.78 is 0. The highest BCUT2D eigenvalue weighted by molar-refractivity contribution is 7.99. The van der Waals surface area contributed by atoms with Crippen molar-refractivity contribution in [3.63, 3.8) is 0 Å². The van der Waals surface area contributed by atoms with Crippen LogP contribution in [0.1, 0.15) is 72.6 Å². The van der Waals surface area contributed by atoms with Crippen LogP contribution in [0.4, 0.5) is 0 Å². The molecule has 0 aliphatic carbocycles. The number of hydrogen-bond donors (Lipinski definition) is 0. The van der Waals surface area contributed by atoms with E-state index < -0.39 is 0 Å². The molecule has 0 aromatic rings. The number of rotatable bonds is 7. The number of hydrogen-bond acceptors (Lipinski definition) is 1. The second kappa shape index (κ2) is 7.71. The van der Waals surface area contributed by atoms with Gasteiger partial charge in [0.1, 0.15) is 0 Å². The molecule has 0 saturated carbocycles. The summed E-state index contributed by atoms with van der Waals surface area (Å²) in [5.74, 6) is 4.70. The van der Waals surface area contributed by atoms with Gasteiger partial charge in [-0.25, -0.2) is 0 Å². The summed E-state index contributed by atoms with van der Waals surface area (Å²) in [7, 11) is 0. The largest absolute Gasteiger partial charge is 0.162 e. The van der Waals surface area contributed by atoms with E-state index in [2.05, 4.69) is 39.5 Å². The predicted molar refractivity (Wildman–Crippen MR) is 81.8 cm³/mol. The lowest BCUT2D eigenvalue weighted by Crippen LogP contribution is -2.31. The Hall–Kier alpha value is 0.350. The van der Waals surface area contributed by atoms with Gasteiger partial charge in [0, 0.05) is 0 Å². The molecule has 0 radical (unpaired) electrons. The van der Waals surface area contributed by atoms with E-state index in [1.165, 1.54) is 56.5 Å². The topological polar surface area (TPSA) is 0 Å². The molecule has 1 rings (SSSR count). The zero-order chi connectivity index (χ0) is 12.7. The summed E-state index contributed by atoms with van der Waals surface area (Å²) >= 11 is 2.16. The van der Waals surface area contributed by atoms with Gasteiger partial charge in [-0.1, -0.05) is 47.0 Å². The van der Waals surface area contributed by atoms with E-state index in [1.807, 2.05) is 0 Å². The molecule has 0 spiro atoms. The molecule has 1 aliphatic rings. The first-order chi connectivity index (χ1) is 8.08. The molecule has 1 atom stereocenters. The van der Waals surface area contributed by atoms with Crippen molar-refractivity contribution >= 4 is 11.8 Å². The maximum Gasteiger partial charge on any atom is -0.00647 e. The average molecular weight is 256 g/mol. The van der Waals surface area contributed by atoms with Crippen molar-refractivity contribution in [2.24, 2.45) is 17.3 Å². The first-order valence-corrected chi connectivity index (χ1v) is 8.81. The molecular formula is C16H32S. The first kappa shape index (κ1) is 15.4. The molecule has 0 N–H and O–H groups in total. The molecule has 1 aliphatic heterocycles. The van der Waals surface area contributed by atoms with Gasteiger partial charge in [-0.2, -0.15) is 11.8 Å². The molecule has 0 nitrogen and oxygen atoms in total. The molecule has 1 unspecified atom stereocenters. The fourth-order valence-corrected chi connectivity index (χ4v) is 4.23. The third-order valence-corrected chi connectivity index (χ3v) is 5.65. The molecule has 1 saturated heterocycles. The van der Waals surface area contributed by atoms with Crippen LogP contribution < -0.4 is 0 Å². The molecule has 0 aromatic heterocycles. The van der Waals surface area contributed by atoms with Gasteiger partial charge < -0.3 is 0 Å². The summed E-state index contributed by atoms with van der Waals surface area (Å²) in [6.45, 7) is 9.67. The Labute approximate surface area is 113 Å². The van der Waals surface area contributed by atoms with Gasteiger partial charge in [-0.15, -0.1) is 0 Å². The van der Waals surface area contributed by atoms with Crippen LogP contribution in [0.5, 0.6) is 0 Å². The lowest BCUT2D eigenvalue weighted by atomic mass is 9.67. The minimum atomic E-state index is 0.640. The Bertz CT molecular complexity index is 194. The van der Waals surface area contributed by atoms with Crippen LogP contribution in [0.15, 0.2) is 0 Å². The van der Waals surface area contributed by atoms with Gasteiger partial charge in [-0.05, 0) is 54.4 Å². The zero-order valence-corrected chi connectivity index (χ0v) is 13.2. The Morgan fingerprint density at radius 2 is 1.82 bits per heavy atom. The summed E-state index contributed by atoms with van der Waals surface area (Å²) in [6.07, 6.45) is 10.1. The lowest BCUT2D eigenvalue weighted by molar-refractivity contribution is 0.129. The predicted octanol–water partition coefficient (Wildman–Crippen LogP) is 5.76. The minimum Gasteiger partial charge on any atom is -0.162 e. The molecule has 0 amide bonds. The van der Waals surface area contributed by atoms with Crippen LogP contribution >= 0.6 is 11.8 Å². The van der Waals surface area contributed by atoms with E-state index in [-0.39, 0.29) is 0 Å². The summed E-state index contributed by atoms with van der Waals surface area (Å²) in [4.78, 5) is 0. The molecule has 102 valence electrons. The standard InChI is InChI=1S/C16H32S/c1-5-6-10-16(4,11-7-14(2)3)15-8-12-17-13-9-15/h14-15H,5-13H2,1-4H3. The Balaban J connectivity index is 2.55. The molecule has 0 bridgehead atoms. The van der Waals surface area contributed by atoms with Crippen molar-refractivity contribution < 1.29 is 0 Å². The van der Waals surface area contributed by atoms with Crippen molar-refractivity contribution in [1.29, 1.82) is 0 Å². The van der Waals surface area contributed by atoms with E-state index in [1.54, 1.807) is 0 Å². The SMILES string of the molecule is CCCCC(C)(CCC(C)C)C1CCSCC1. The van der Waals surface area contributed by atoms with Crippen molar-refractivity contribution in [3.8, 4) is 0 Å². The van der Waals surface area contributed by atoms with Crippen molar-refractivity contribution in [3.05, 3.63) is 0 Å². The second-order valence-corrected chi connectivity index (χ2v) is 7.80. The van der Waals surface area contributed by atoms with E-state index >= 15 is 0 Å². The van der Waals surface area contributed by atoms with Crippen LogP contribution in [-0.2, 0) is 0 Å². The fraction of sp³-hybridized carbons (Fsp3) is 1.00. The van der Waals surface area contributed by atoms with E-state index in [0.717, 1.165) is 11.8 Å². The Morgan fingerprint density at radius 3 is 2.35 bits per heavy atom. The summed E-state index contributed by atoms with van der Waals surface area (Å²) in [5.41, 5.74) is 0.640. The normalized spacial score (nSPS) is 21.7. The van der Waals surface area contributed by atoms with Crippen LogP contribution in [-0.4, -0.2) is 11.5 Å². The van der Waals surface area contributed by atoms with Crippen LogP contribution in [0.3, 0.4) is 0 Å². The highest BCUT2D eigenvalue weighted by atomic mass is 32.2. The van der Waals surface area contributed by atoms with Crippen LogP contribution in [0.25, 0.3) is 0 Å². The van der Waals surface area contributed by atoms with Crippen LogP contribution in [0.2, 0.25) is 0 Å². The quantitative estimate of drug-likeness (QED) is 0.558. The van der Waals surface area contributed by atoms with Crippen molar-refractivity contribution in [2.75, 3.05) is 11.5 Å². The summed E-state index contributed by atoms with van der Waals surface area (Å²) in [5, 5.41) is 0. The van der Waals surface area contributed by atoms with Gasteiger partial charge >= 0.3 is 0 Å². The van der Waals surface area contributed by atoms with Gasteiger partial charge in [0.2, 0.25) is 0 Å². The molecule has 1 heterocycles. The molecule has 1 heteroatoms. The fourth-order valence-electron chi connectivity index (χ4n) is 3.13. The smallest absolute Gasteiger partial charge is 0.00647 e. The Morgan fingerprint density at radius 1 is 1.18 bits per heavy atom. The van der Waals surface area contributed by atoms with E-state index in [4.69, 9.17) is 0 Å². The van der Waals surface area contributed by atoms with Gasteiger partial charge in [0.05, 0.1) is 0 Å². The molecule has 1 fully saturated rings. The highest BCUT2D eigenvalue weighted by Crippen LogP contribution is 2.44. The van der Waals surface area contributed by atoms with E-state index in [0.29, 0.717) is 5.41 Å². The third kappa shape index (κ3) is 5.24.